The molecule has 41 heavy (non-hydrogen) atoms. The molecular weight excluding hydrogens is 536 g/mol. The van der Waals surface area contributed by atoms with Crippen LogP contribution in [0.2, 0.25) is 24.7 Å². The van der Waals surface area contributed by atoms with Gasteiger partial charge in [-0.2, -0.15) is 0 Å². The number of amidine groups is 1. The van der Waals surface area contributed by atoms with Crippen LogP contribution in [0, 0.1) is 5.41 Å². The lowest BCUT2D eigenvalue weighted by molar-refractivity contribution is -0.166. The number of hydrogen-bond acceptors (Lipinski definition) is 6. The summed E-state index contributed by atoms with van der Waals surface area (Å²) in [6, 6.07) is 8.89. The Bertz CT molecular complexity index is 1240. The fourth-order valence-corrected chi connectivity index (χ4v) is 8.47. The lowest BCUT2D eigenvalue weighted by Gasteiger charge is -2.49. The first kappa shape index (κ1) is 31.0. The van der Waals surface area contributed by atoms with Gasteiger partial charge < -0.3 is 25.0 Å². The largest absolute Gasteiger partial charge is 0.438 e. The van der Waals surface area contributed by atoms with Crippen LogP contribution in [0.25, 0.3) is 0 Å². The first-order valence-electron chi connectivity index (χ1n) is 14.5. The third kappa shape index (κ3) is 6.13. The predicted molar refractivity (Wildman–Crippen MR) is 162 cm³/mol. The van der Waals surface area contributed by atoms with Gasteiger partial charge in [-0.05, 0) is 58.6 Å². The van der Waals surface area contributed by atoms with Gasteiger partial charge in [-0.15, -0.1) is 0 Å². The average molecular weight is 583 g/mol. The summed E-state index contributed by atoms with van der Waals surface area (Å²) < 4.78 is 10.9. The number of esters is 1. The Kier molecular flexibility index (Phi) is 8.58. The Morgan fingerprint density at radius 1 is 1.10 bits per heavy atom. The highest BCUT2D eigenvalue weighted by Crippen LogP contribution is 2.55. The molecule has 4 rings (SSSR count). The first-order chi connectivity index (χ1) is 19.1. The molecule has 0 radical (unpaired) electrons. The molecular formula is C31H46N4O5Si. The zero-order valence-electron chi connectivity index (χ0n) is 25.8. The van der Waals surface area contributed by atoms with Crippen LogP contribution >= 0.6 is 0 Å². The third-order valence-corrected chi connectivity index (χ3v) is 12.6. The highest BCUT2D eigenvalue weighted by Gasteiger charge is 2.54. The summed E-state index contributed by atoms with van der Waals surface area (Å²) in [5, 5.41) is 6.06. The quantitative estimate of drug-likeness (QED) is 0.190. The van der Waals surface area contributed by atoms with Crippen LogP contribution in [0.5, 0.6) is 0 Å². The molecule has 0 saturated heterocycles. The smallest absolute Gasteiger partial charge is 0.318 e. The molecule has 9 nitrogen and oxygen atoms in total. The van der Waals surface area contributed by atoms with Crippen molar-refractivity contribution in [3.05, 3.63) is 47.0 Å². The number of benzene rings is 1. The maximum atomic E-state index is 13.7. The number of nitrogens with zero attached hydrogens (tertiary/aromatic N) is 2. The molecule has 2 N–H and O–H groups in total. The molecule has 1 atom stereocenters. The molecule has 3 aliphatic rings. The second-order valence-electron chi connectivity index (χ2n) is 14.0. The van der Waals surface area contributed by atoms with Crippen molar-refractivity contribution in [3.63, 3.8) is 0 Å². The fraction of sp³-hybridized carbons (Fsp3) is 0.613. The molecule has 0 unspecified atom stereocenters. The number of carbonyl (C=O) groups is 3. The number of aliphatic imine (C=N–C) groups is 1. The summed E-state index contributed by atoms with van der Waals surface area (Å²) in [5.74, 6) is 0.348. The SMILES string of the molecule is CC(C)(C)C(=O)OCOC[C@@H](NC(=O)N1CC2=C(CN=C2NC(=O)C2([Si](C)(C)C)CCC2)C1(C)C)c1ccccc1. The highest BCUT2D eigenvalue weighted by atomic mass is 28.3. The maximum Gasteiger partial charge on any atom is 0.318 e. The van der Waals surface area contributed by atoms with Gasteiger partial charge in [0.25, 0.3) is 0 Å². The highest BCUT2D eigenvalue weighted by molar-refractivity contribution is 6.82. The van der Waals surface area contributed by atoms with Crippen LogP contribution in [-0.4, -0.2) is 68.7 Å². The van der Waals surface area contributed by atoms with Gasteiger partial charge >= 0.3 is 12.0 Å². The summed E-state index contributed by atoms with van der Waals surface area (Å²) in [5.41, 5.74) is 1.67. The third-order valence-electron chi connectivity index (χ3n) is 9.00. The van der Waals surface area contributed by atoms with E-state index in [4.69, 9.17) is 14.5 Å². The molecule has 1 aromatic rings. The maximum absolute atomic E-state index is 13.7. The number of amides is 3. The van der Waals surface area contributed by atoms with Crippen LogP contribution in [0.3, 0.4) is 0 Å². The van der Waals surface area contributed by atoms with E-state index in [-0.39, 0.29) is 36.3 Å². The minimum atomic E-state index is -1.73. The van der Waals surface area contributed by atoms with Gasteiger partial charge in [0.1, 0.15) is 5.84 Å². The summed E-state index contributed by atoms with van der Waals surface area (Å²) in [6.45, 7) is 16.9. The molecule has 10 heteroatoms. The van der Waals surface area contributed by atoms with Crippen molar-refractivity contribution >= 4 is 31.8 Å². The number of nitrogens with one attached hydrogen (secondary N) is 2. The molecule has 2 aliphatic heterocycles. The topological polar surface area (TPSA) is 109 Å². The van der Waals surface area contributed by atoms with E-state index < -0.39 is 25.1 Å². The van der Waals surface area contributed by atoms with Crippen LogP contribution < -0.4 is 10.6 Å². The Morgan fingerprint density at radius 3 is 2.32 bits per heavy atom. The minimum absolute atomic E-state index is 0.0876. The van der Waals surface area contributed by atoms with Gasteiger partial charge in [0, 0.05) is 10.6 Å². The zero-order chi connectivity index (χ0) is 30.2. The summed E-state index contributed by atoms with van der Waals surface area (Å²) in [7, 11) is -1.73. The van der Waals surface area contributed by atoms with Crippen LogP contribution in [0.15, 0.2) is 46.5 Å². The van der Waals surface area contributed by atoms with E-state index in [0.717, 1.165) is 36.0 Å². The lowest BCUT2D eigenvalue weighted by Crippen LogP contribution is -2.55. The van der Waals surface area contributed by atoms with Crippen molar-refractivity contribution in [3.8, 4) is 0 Å². The van der Waals surface area contributed by atoms with Gasteiger partial charge in [0.15, 0.2) is 6.79 Å². The van der Waals surface area contributed by atoms with E-state index >= 15 is 0 Å². The molecule has 3 amide bonds. The number of carbonyl (C=O) groups excluding carboxylic acids is 3. The number of rotatable bonds is 8. The average Bonchev–Trinajstić information content (AvgIpc) is 3.36. The Labute approximate surface area is 245 Å². The molecule has 0 spiro atoms. The van der Waals surface area contributed by atoms with Crippen molar-refractivity contribution in [1.29, 1.82) is 0 Å². The van der Waals surface area contributed by atoms with E-state index in [1.54, 1.807) is 25.7 Å². The molecule has 1 aromatic carbocycles. The Morgan fingerprint density at radius 2 is 1.76 bits per heavy atom. The van der Waals surface area contributed by atoms with Gasteiger partial charge in [-0.3, -0.25) is 14.6 Å². The Balaban J connectivity index is 1.43. The van der Waals surface area contributed by atoms with Crippen molar-refractivity contribution in [2.75, 3.05) is 26.5 Å². The van der Waals surface area contributed by atoms with Crippen molar-refractivity contribution in [2.45, 2.75) is 90.1 Å². The van der Waals surface area contributed by atoms with E-state index in [1.165, 1.54) is 0 Å². The molecule has 0 bridgehead atoms. The molecule has 224 valence electrons. The van der Waals surface area contributed by atoms with Gasteiger partial charge in [0.2, 0.25) is 5.91 Å². The zero-order valence-corrected chi connectivity index (χ0v) is 26.8. The predicted octanol–water partition coefficient (Wildman–Crippen LogP) is 5.18. The normalized spacial score (nSPS) is 20.1. The number of ether oxygens (including phenoxy) is 2. The molecule has 2 heterocycles. The van der Waals surface area contributed by atoms with Crippen LogP contribution in [0.1, 0.15) is 65.5 Å². The first-order valence-corrected chi connectivity index (χ1v) is 18.0. The second-order valence-corrected chi connectivity index (χ2v) is 19.4. The standard InChI is InChI=1S/C31H46N4O5Si/c1-29(2,3)27(37)40-20-39-19-24(21-13-10-9-11-14-21)33-28(38)35-18-22-23(30(35,4)5)17-32-25(22)34-26(36)31(15-12-16-31)41(6,7)8/h9-11,13-14,24H,12,15-20H2,1-8H3,(H,33,38)(H,32,34,36)/t24-/m1/s1. The minimum Gasteiger partial charge on any atom is -0.438 e. The van der Waals surface area contributed by atoms with E-state index in [0.29, 0.717) is 18.9 Å². The van der Waals surface area contributed by atoms with Crippen molar-refractivity contribution in [2.24, 2.45) is 10.4 Å². The van der Waals surface area contributed by atoms with E-state index in [9.17, 15) is 14.4 Å². The van der Waals surface area contributed by atoms with Gasteiger partial charge in [0.05, 0.1) is 44.8 Å². The summed E-state index contributed by atoms with van der Waals surface area (Å²) >= 11 is 0. The molecule has 1 saturated carbocycles. The number of hydrogen-bond donors (Lipinski definition) is 2. The molecule has 1 aliphatic carbocycles. The van der Waals surface area contributed by atoms with Gasteiger partial charge in [-0.25, -0.2) is 4.79 Å². The van der Waals surface area contributed by atoms with Crippen LogP contribution in [0.4, 0.5) is 4.79 Å². The Hall–Kier alpha value is -2.98. The molecule has 1 fully saturated rings. The van der Waals surface area contributed by atoms with Crippen molar-refractivity contribution in [1.82, 2.24) is 15.5 Å². The molecule has 0 aromatic heterocycles. The fourth-order valence-electron chi connectivity index (χ4n) is 5.87. The summed E-state index contributed by atoms with van der Waals surface area (Å²) in [6.07, 6.45) is 2.96. The second kappa shape index (κ2) is 11.4. The summed E-state index contributed by atoms with van der Waals surface area (Å²) in [4.78, 5) is 45.9. The lowest BCUT2D eigenvalue weighted by atomic mass is 9.83. The van der Waals surface area contributed by atoms with E-state index in [2.05, 4.69) is 30.3 Å². The van der Waals surface area contributed by atoms with Gasteiger partial charge in [-0.1, -0.05) is 56.4 Å². The van der Waals surface area contributed by atoms with Crippen LogP contribution in [-0.2, 0) is 19.1 Å². The number of urea groups is 1. The van der Waals surface area contributed by atoms with Crippen molar-refractivity contribution < 1.29 is 23.9 Å². The monoisotopic (exact) mass is 582 g/mol. The van der Waals surface area contributed by atoms with E-state index in [1.807, 2.05) is 44.2 Å².